The number of alkyl halides is 3. The number of carbonyl (C=O) groups is 1. The van der Waals surface area contributed by atoms with Gasteiger partial charge in [-0.1, -0.05) is 0 Å². The highest BCUT2D eigenvalue weighted by molar-refractivity contribution is 7.80. The predicted molar refractivity (Wildman–Crippen MR) is 56.4 cm³/mol. The highest BCUT2D eigenvalue weighted by Crippen LogP contribution is 2.35. The number of ether oxygens (including phenoxy) is 2. The van der Waals surface area contributed by atoms with Crippen LogP contribution >= 0.6 is 12.6 Å². The van der Waals surface area contributed by atoms with Gasteiger partial charge in [0.05, 0.1) is 17.6 Å². The third-order valence-corrected chi connectivity index (χ3v) is 2.32. The molecule has 0 atom stereocenters. The summed E-state index contributed by atoms with van der Waals surface area (Å²) in [5.74, 6) is -1.87. The van der Waals surface area contributed by atoms with Crippen LogP contribution in [0.1, 0.15) is 15.9 Å². The van der Waals surface area contributed by atoms with E-state index < -0.39 is 23.6 Å². The van der Waals surface area contributed by atoms with E-state index in [-0.39, 0.29) is 10.5 Å². The first-order chi connectivity index (χ1) is 8.30. The number of hydrogen-bond acceptors (Lipinski definition) is 5. The number of rotatable bonds is 2. The van der Waals surface area contributed by atoms with Crippen molar-refractivity contribution in [3.8, 4) is 11.8 Å². The maximum atomic E-state index is 12.2. The number of benzene rings is 1. The molecule has 0 spiro atoms. The molecular formula is C10H6F3NO3S. The Balaban J connectivity index is 3.41. The maximum Gasteiger partial charge on any atom is 0.573 e. The lowest BCUT2D eigenvalue weighted by molar-refractivity contribution is -0.275. The normalized spacial score (nSPS) is 10.7. The van der Waals surface area contributed by atoms with Crippen LogP contribution in [0, 0.1) is 11.3 Å². The number of thiol groups is 1. The Hall–Kier alpha value is -1.88. The van der Waals surface area contributed by atoms with E-state index in [1.165, 1.54) is 0 Å². The summed E-state index contributed by atoms with van der Waals surface area (Å²) in [6.07, 6.45) is -5.01. The SMILES string of the molecule is COC(=O)c1ccc(C#N)c(S)c1OC(F)(F)F. The van der Waals surface area contributed by atoms with E-state index in [1.807, 2.05) is 0 Å². The van der Waals surface area contributed by atoms with Crippen molar-refractivity contribution in [2.75, 3.05) is 7.11 Å². The molecule has 96 valence electrons. The van der Waals surface area contributed by atoms with Gasteiger partial charge < -0.3 is 9.47 Å². The summed E-state index contributed by atoms with van der Waals surface area (Å²) in [5, 5.41) is 8.68. The van der Waals surface area contributed by atoms with Gasteiger partial charge in [0, 0.05) is 0 Å². The van der Waals surface area contributed by atoms with E-state index in [9.17, 15) is 18.0 Å². The van der Waals surface area contributed by atoms with Gasteiger partial charge in [-0.3, -0.25) is 0 Å². The average molecular weight is 277 g/mol. The van der Waals surface area contributed by atoms with Crippen LogP contribution in [0.4, 0.5) is 13.2 Å². The molecule has 1 rings (SSSR count). The quantitative estimate of drug-likeness (QED) is 0.666. The summed E-state index contributed by atoms with van der Waals surface area (Å²) >= 11 is 3.75. The molecule has 0 heterocycles. The van der Waals surface area contributed by atoms with Crippen molar-refractivity contribution in [3.05, 3.63) is 23.3 Å². The van der Waals surface area contributed by atoms with Crippen molar-refractivity contribution in [1.29, 1.82) is 5.26 Å². The van der Waals surface area contributed by atoms with Gasteiger partial charge in [0.15, 0.2) is 5.75 Å². The van der Waals surface area contributed by atoms with Crippen molar-refractivity contribution in [2.24, 2.45) is 0 Å². The molecule has 0 bridgehead atoms. The Morgan fingerprint density at radius 3 is 2.50 bits per heavy atom. The molecule has 0 radical (unpaired) electrons. The monoisotopic (exact) mass is 277 g/mol. The molecule has 4 nitrogen and oxygen atoms in total. The summed E-state index contributed by atoms with van der Waals surface area (Å²) in [5.41, 5.74) is -0.607. The van der Waals surface area contributed by atoms with Crippen LogP contribution in [0.25, 0.3) is 0 Å². The average Bonchev–Trinajstić information content (AvgIpc) is 2.29. The summed E-state index contributed by atoms with van der Waals surface area (Å²) in [7, 11) is 1.01. The fraction of sp³-hybridized carbons (Fsp3) is 0.200. The van der Waals surface area contributed by atoms with Gasteiger partial charge in [-0.15, -0.1) is 25.8 Å². The van der Waals surface area contributed by atoms with Crippen LogP contribution in [-0.4, -0.2) is 19.4 Å². The first-order valence-corrected chi connectivity index (χ1v) is 4.85. The Kier molecular flexibility index (Phi) is 4.08. The standard InChI is InChI=1S/C10H6F3NO3S/c1-16-9(15)6-3-2-5(4-14)8(18)7(6)17-10(11,12)13/h2-3,18H,1H3. The molecule has 0 aliphatic heterocycles. The van der Waals surface area contributed by atoms with Crippen LogP contribution in [0.15, 0.2) is 17.0 Å². The van der Waals surface area contributed by atoms with Crippen molar-refractivity contribution in [3.63, 3.8) is 0 Å². The summed E-state index contributed by atoms with van der Waals surface area (Å²) < 4.78 is 44.7. The Morgan fingerprint density at radius 1 is 1.44 bits per heavy atom. The maximum absolute atomic E-state index is 12.2. The minimum Gasteiger partial charge on any atom is -0.465 e. The van der Waals surface area contributed by atoms with Crippen molar-refractivity contribution in [2.45, 2.75) is 11.3 Å². The van der Waals surface area contributed by atoms with Gasteiger partial charge in [-0.2, -0.15) is 5.26 Å². The van der Waals surface area contributed by atoms with Crippen LogP contribution in [-0.2, 0) is 4.74 Å². The first kappa shape index (κ1) is 14.2. The number of carbonyl (C=O) groups excluding carboxylic acids is 1. The zero-order valence-corrected chi connectivity index (χ0v) is 9.80. The minimum atomic E-state index is -5.01. The van der Waals surface area contributed by atoms with E-state index in [0.717, 1.165) is 19.2 Å². The fourth-order valence-corrected chi connectivity index (χ4v) is 1.44. The molecule has 0 aliphatic rings. The van der Waals surface area contributed by atoms with E-state index in [0.29, 0.717) is 0 Å². The van der Waals surface area contributed by atoms with Crippen LogP contribution in [0.5, 0.6) is 5.75 Å². The number of esters is 1. The zero-order valence-electron chi connectivity index (χ0n) is 8.91. The van der Waals surface area contributed by atoms with Gasteiger partial charge in [0.1, 0.15) is 11.6 Å². The molecule has 1 aromatic carbocycles. The van der Waals surface area contributed by atoms with E-state index >= 15 is 0 Å². The summed E-state index contributed by atoms with van der Waals surface area (Å²) in [4.78, 5) is 10.9. The zero-order chi connectivity index (χ0) is 13.9. The summed E-state index contributed by atoms with van der Waals surface area (Å²) in [6.45, 7) is 0. The van der Waals surface area contributed by atoms with Gasteiger partial charge in [-0.05, 0) is 12.1 Å². The van der Waals surface area contributed by atoms with Gasteiger partial charge in [-0.25, -0.2) is 4.79 Å². The second kappa shape index (κ2) is 5.18. The fourth-order valence-electron chi connectivity index (χ4n) is 1.15. The van der Waals surface area contributed by atoms with E-state index in [2.05, 4.69) is 22.1 Å². The third kappa shape index (κ3) is 3.07. The predicted octanol–water partition coefficient (Wildman–Crippen LogP) is 2.53. The summed E-state index contributed by atoms with van der Waals surface area (Å²) in [6, 6.07) is 3.79. The van der Waals surface area contributed by atoms with Gasteiger partial charge >= 0.3 is 12.3 Å². The smallest absolute Gasteiger partial charge is 0.465 e. The number of nitriles is 1. The molecule has 18 heavy (non-hydrogen) atoms. The Bertz CT molecular complexity index is 522. The molecule has 8 heteroatoms. The second-order valence-corrected chi connectivity index (χ2v) is 3.44. The molecular weight excluding hydrogens is 271 g/mol. The molecule has 0 saturated heterocycles. The number of methoxy groups -OCH3 is 1. The highest BCUT2D eigenvalue weighted by Gasteiger charge is 2.34. The van der Waals surface area contributed by atoms with Crippen LogP contribution in [0.3, 0.4) is 0 Å². The largest absolute Gasteiger partial charge is 0.573 e. The third-order valence-electron chi connectivity index (χ3n) is 1.88. The highest BCUT2D eigenvalue weighted by atomic mass is 32.1. The molecule has 0 aromatic heterocycles. The van der Waals surface area contributed by atoms with E-state index in [4.69, 9.17) is 5.26 Å². The number of hydrogen-bond donors (Lipinski definition) is 1. The lowest BCUT2D eigenvalue weighted by atomic mass is 10.1. The molecule has 0 fully saturated rings. The molecule has 0 aliphatic carbocycles. The molecule has 0 N–H and O–H groups in total. The minimum absolute atomic E-state index is 0.148. The topological polar surface area (TPSA) is 59.3 Å². The van der Waals surface area contributed by atoms with Crippen molar-refractivity contribution < 1.29 is 27.4 Å². The lowest BCUT2D eigenvalue weighted by Crippen LogP contribution is -2.20. The van der Waals surface area contributed by atoms with Crippen LogP contribution in [0.2, 0.25) is 0 Å². The first-order valence-electron chi connectivity index (χ1n) is 4.40. The van der Waals surface area contributed by atoms with Crippen molar-refractivity contribution in [1.82, 2.24) is 0 Å². The number of halogens is 3. The molecule has 0 amide bonds. The Morgan fingerprint density at radius 2 is 2.06 bits per heavy atom. The van der Waals surface area contributed by atoms with E-state index in [1.54, 1.807) is 6.07 Å². The second-order valence-electron chi connectivity index (χ2n) is 2.99. The molecule has 1 aromatic rings. The Labute approximate surface area is 105 Å². The molecule has 0 unspecified atom stereocenters. The van der Waals surface area contributed by atoms with Gasteiger partial charge in [0.2, 0.25) is 0 Å². The van der Waals surface area contributed by atoms with Gasteiger partial charge in [0.25, 0.3) is 0 Å². The lowest BCUT2D eigenvalue weighted by Gasteiger charge is -2.14. The van der Waals surface area contributed by atoms with Crippen LogP contribution < -0.4 is 4.74 Å². The van der Waals surface area contributed by atoms with Crippen molar-refractivity contribution >= 4 is 18.6 Å². The number of nitrogens with zero attached hydrogens (tertiary/aromatic N) is 1. The molecule has 0 saturated carbocycles.